The number of nitrogens with zero attached hydrogens (tertiary/aromatic N) is 1. The Morgan fingerprint density at radius 2 is 2.21 bits per heavy atom. The number of hydrogen-bond acceptors (Lipinski definition) is 4. The molecule has 2 aliphatic rings. The second kappa shape index (κ2) is 3.35. The third kappa shape index (κ3) is 1.54. The van der Waals surface area contributed by atoms with Gasteiger partial charge in [0.1, 0.15) is 11.9 Å². The van der Waals surface area contributed by atoms with Gasteiger partial charge in [-0.05, 0) is 7.05 Å². The molecule has 0 amide bonds. The molecule has 0 unspecified atom stereocenters. The van der Waals surface area contributed by atoms with Gasteiger partial charge < -0.3 is 4.74 Å². The van der Waals surface area contributed by atoms with Crippen molar-refractivity contribution in [3.8, 4) is 0 Å². The van der Waals surface area contributed by atoms with Crippen LogP contribution in [0.25, 0.3) is 0 Å². The molecule has 0 aromatic rings. The van der Waals surface area contributed by atoms with E-state index in [-0.39, 0.29) is 24.2 Å². The highest BCUT2D eigenvalue weighted by atomic mass is 16.5. The van der Waals surface area contributed by atoms with Crippen molar-refractivity contribution in [2.75, 3.05) is 7.05 Å². The van der Waals surface area contributed by atoms with E-state index in [9.17, 15) is 9.59 Å². The summed E-state index contributed by atoms with van der Waals surface area (Å²) in [5.41, 5.74) is 0. The van der Waals surface area contributed by atoms with Gasteiger partial charge >= 0.3 is 5.97 Å². The van der Waals surface area contributed by atoms with Crippen LogP contribution in [-0.2, 0) is 14.3 Å². The fourth-order valence-electron chi connectivity index (χ4n) is 2.55. The largest absolute Gasteiger partial charge is 0.461 e. The van der Waals surface area contributed by atoms with Gasteiger partial charge in [0.25, 0.3) is 0 Å². The number of piperidine rings is 1. The van der Waals surface area contributed by atoms with Gasteiger partial charge in [-0.3, -0.25) is 14.5 Å². The van der Waals surface area contributed by atoms with Crippen molar-refractivity contribution in [3.05, 3.63) is 0 Å². The summed E-state index contributed by atoms with van der Waals surface area (Å²) in [5, 5.41) is 0. The molecular weight excluding hydrogens is 182 g/mol. The number of fused-ring (bicyclic) bond motifs is 2. The number of ether oxygens (including phenoxy) is 1. The van der Waals surface area contributed by atoms with Crippen molar-refractivity contribution >= 4 is 11.8 Å². The number of ketones is 1. The summed E-state index contributed by atoms with van der Waals surface area (Å²) in [6.45, 7) is 1.42. The number of carbonyl (C=O) groups is 2. The molecule has 14 heavy (non-hydrogen) atoms. The summed E-state index contributed by atoms with van der Waals surface area (Å²) < 4.78 is 5.21. The molecule has 2 rings (SSSR count). The summed E-state index contributed by atoms with van der Waals surface area (Å²) >= 11 is 0. The second-order valence-corrected chi connectivity index (χ2v) is 4.22. The molecule has 0 spiro atoms. The first-order valence-corrected chi connectivity index (χ1v) is 4.99. The van der Waals surface area contributed by atoms with E-state index in [1.165, 1.54) is 6.92 Å². The maximum absolute atomic E-state index is 11.3. The lowest BCUT2D eigenvalue weighted by Crippen LogP contribution is -2.43. The number of rotatable bonds is 1. The van der Waals surface area contributed by atoms with Gasteiger partial charge in [0.15, 0.2) is 0 Å². The van der Waals surface area contributed by atoms with E-state index >= 15 is 0 Å². The van der Waals surface area contributed by atoms with Crippen LogP contribution in [-0.4, -0.2) is 41.9 Å². The predicted molar refractivity (Wildman–Crippen MR) is 49.8 cm³/mol. The fourth-order valence-corrected chi connectivity index (χ4v) is 2.55. The van der Waals surface area contributed by atoms with Crippen LogP contribution >= 0.6 is 0 Å². The lowest BCUT2D eigenvalue weighted by atomic mass is 10.0. The zero-order chi connectivity index (χ0) is 10.3. The molecule has 2 bridgehead atoms. The SMILES string of the molecule is CC(=O)O[C@H]1C[C@@H]2CC(=O)C[C@H]1N2C. The smallest absolute Gasteiger partial charge is 0.302 e. The van der Waals surface area contributed by atoms with E-state index < -0.39 is 0 Å². The Morgan fingerprint density at radius 1 is 1.50 bits per heavy atom. The Morgan fingerprint density at radius 3 is 2.86 bits per heavy atom. The number of hydrogen-bond donors (Lipinski definition) is 0. The molecule has 0 aliphatic carbocycles. The summed E-state index contributed by atoms with van der Waals surface area (Å²) in [4.78, 5) is 24.4. The molecule has 2 saturated heterocycles. The monoisotopic (exact) mass is 197 g/mol. The van der Waals surface area contributed by atoms with E-state index in [0.717, 1.165) is 6.42 Å². The van der Waals surface area contributed by atoms with E-state index in [0.29, 0.717) is 18.6 Å². The number of carbonyl (C=O) groups excluding carboxylic acids is 2. The van der Waals surface area contributed by atoms with E-state index in [1.807, 2.05) is 7.05 Å². The third-order valence-electron chi connectivity index (χ3n) is 3.25. The van der Waals surface area contributed by atoms with Crippen molar-refractivity contribution in [1.82, 2.24) is 4.90 Å². The quantitative estimate of drug-likeness (QED) is 0.569. The van der Waals surface area contributed by atoms with Gasteiger partial charge in [0.2, 0.25) is 0 Å². The van der Waals surface area contributed by atoms with Gasteiger partial charge in [-0.2, -0.15) is 0 Å². The molecule has 2 fully saturated rings. The topological polar surface area (TPSA) is 46.6 Å². The molecule has 3 atom stereocenters. The van der Waals surface area contributed by atoms with Gasteiger partial charge in [0.05, 0.1) is 6.04 Å². The standard InChI is InChI=1S/C10H15NO3/c1-6(12)14-10-4-7-3-8(13)5-9(10)11(7)2/h7,9-10H,3-5H2,1-2H3/t7-,9+,10-/m0/s1. The summed E-state index contributed by atoms with van der Waals surface area (Å²) in [6.07, 6.45) is 1.89. The molecule has 0 N–H and O–H groups in total. The zero-order valence-corrected chi connectivity index (χ0v) is 8.53. The molecule has 0 saturated carbocycles. The van der Waals surface area contributed by atoms with Crippen molar-refractivity contribution in [1.29, 1.82) is 0 Å². The third-order valence-corrected chi connectivity index (χ3v) is 3.25. The van der Waals surface area contributed by atoms with Crippen LogP contribution in [0.5, 0.6) is 0 Å². The maximum Gasteiger partial charge on any atom is 0.302 e. The molecular formula is C10H15NO3. The van der Waals surface area contributed by atoms with Crippen LogP contribution in [0.15, 0.2) is 0 Å². The van der Waals surface area contributed by atoms with E-state index in [2.05, 4.69) is 4.90 Å². The fraction of sp³-hybridized carbons (Fsp3) is 0.800. The maximum atomic E-state index is 11.3. The van der Waals surface area contributed by atoms with Crippen molar-refractivity contribution in [2.45, 2.75) is 44.4 Å². The van der Waals surface area contributed by atoms with Crippen LogP contribution in [0.1, 0.15) is 26.2 Å². The highest BCUT2D eigenvalue weighted by Crippen LogP contribution is 2.34. The van der Waals surface area contributed by atoms with Gasteiger partial charge in [0, 0.05) is 32.2 Å². The van der Waals surface area contributed by atoms with Crippen molar-refractivity contribution < 1.29 is 14.3 Å². The minimum absolute atomic E-state index is 0.0750. The van der Waals surface area contributed by atoms with Crippen molar-refractivity contribution in [3.63, 3.8) is 0 Å². The minimum atomic E-state index is -0.247. The van der Waals surface area contributed by atoms with Gasteiger partial charge in [-0.25, -0.2) is 0 Å². The first kappa shape index (κ1) is 9.65. The molecule has 4 nitrogen and oxygen atoms in total. The Kier molecular flexibility index (Phi) is 2.31. The summed E-state index contributed by atoms with van der Waals surface area (Å²) in [5.74, 6) is 0.0520. The second-order valence-electron chi connectivity index (χ2n) is 4.22. The highest BCUT2D eigenvalue weighted by molar-refractivity contribution is 5.81. The predicted octanol–water partition coefficient (Wildman–Crippen LogP) is 0.354. The number of esters is 1. The Bertz CT molecular complexity index is 277. The Labute approximate surface area is 83.2 Å². The molecule has 78 valence electrons. The first-order chi connectivity index (χ1) is 6.58. The van der Waals surface area contributed by atoms with Crippen LogP contribution < -0.4 is 0 Å². The lowest BCUT2D eigenvalue weighted by molar-refractivity contribution is -0.148. The molecule has 2 heterocycles. The molecule has 0 radical (unpaired) electrons. The lowest BCUT2D eigenvalue weighted by Gasteiger charge is -2.30. The average molecular weight is 197 g/mol. The zero-order valence-electron chi connectivity index (χ0n) is 8.53. The molecule has 2 aliphatic heterocycles. The van der Waals surface area contributed by atoms with Crippen LogP contribution in [0, 0.1) is 0 Å². The number of likely N-dealkylation sites (N-methyl/N-ethyl adjacent to an activating group) is 1. The molecule has 4 heteroatoms. The Hall–Kier alpha value is -0.900. The molecule has 0 aromatic carbocycles. The minimum Gasteiger partial charge on any atom is -0.461 e. The summed E-state index contributed by atoms with van der Waals surface area (Å²) in [7, 11) is 2.01. The van der Waals surface area contributed by atoms with E-state index in [4.69, 9.17) is 4.74 Å². The average Bonchev–Trinajstić information content (AvgIpc) is 2.30. The van der Waals surface area contributed by atoms with Gasteiger partial charge in [-0.1, -0.05) is 0 Å². The highest BCUT2D eigenvalue weighted by Gasteiger charge is 2.45. The summed E-state index contributed by atoms with van der Waals surface area (Å²) in [6, 6.07) is 0.399. The molecule has 0 aromatic heterocycles. The van der Waals surface area contributed by atoms with E-state index in [1.54, 1.807) is 0 Å². The van der Waals surface area contributed by atoms with Crippen LogP contribution in [0.2, 0.25) is 0 Å². The van der Waals surface area contributed by atoms with Gasteiger partial charge in [-0.15, -0.1) is 0 Å². The normalized spacial score (nSPS) is 37.3. The van der Waals surface area contributed by atoms with Crippen molar-refractivity contribution in [2.24, 2.45) is 0 Å². The van der Waals surface area contributed by atoms with Crippen LogP contribution in [0.3, 0.4) is 0 Å². The Balaban J connectivity index is 2.09. The number of Topliss-reactive ketones (excluding diaryl/α,β-unsaturated/α-hetero) is 1. The van der Waals surface area contributed by atoms with Crippen LogP contribution in [0.4, 0.5) is 0 Å². The first-order valence-electron chi connectivity index (χ1n) is 4.99.